The fourth-order valence-electron chi connectivity index (χ4n) is 1.57. The molecule has 0 bridgehead atoms. The van der Waals surface area contributed by atoms with Crippen molar-refractivity contribution in [3.05, 3.63) is 18.2 Å². The molecule has 0 radical (unpaired) electrons. The predicted octanol–water partition coefficient (Wildman–Crippen LogP) is 0.987. The molecule has 0 aromatic carbocycles. The Labute approximate surface area is 108 Å². The second kappa shape index (κ2) is 5.86. The molecule has 0 aliphatic carbocycles. The second-order valence-electron chi connectivity index (χ2n) is 5.21. The van der Waals surface area contributed by atoms with E-state index in [1.54, 1.807) is 6.20 Å². The van der Waals surface area contributed by atoms with Crippen LogP contribution in [0.15, 0.2) is 12.4 Å². The lowest BCUT2D eigenvalue weighted by atomic mass is 10.1. The number of hydrogen-bond acceptors (Lipinski definition) is 4. The first-order chi connectivity index (χ1) is 8.33. The molecular formula is C12H22N4O2. The molecule has 0 fully saturated rings. The van der Waals surface area contributed by atoms with Gasteiger partial charge in [0.1, 0.15) is 11.4 Å². The summed E-state index contributed by atoms with van der Waals surface area (Å²) in [4.78, 5) is 15.8. The van der Waals surface area contributed by atoms with E-state index in [9.17, 15) is 4.79 Å². The van der Waals surface area contributed by atoms with Crippen LogP contribution < -0.4 is 11.1 Å². The van der Waals surface area contributed by atoms with Crippen LogP contribution in [-0.4, -0.2) is 34.3 Å². The topological polar surface area (TPSA) is 82.2 Å². The van der Waals surface area contributed by atoms with Gasteiger partial charge >= 0.3 is 6.09 Å². The number of carbonyl (C=O) groups excluding carboxylic acids is 1. The van der Waals surface area contributed by atoms with Gasteiger partial charge in [-0.15, -0.1) is 0 Å². The van der Waals surface area contributed by atoms with Crippen molar-refractivity contribution in [2.75, 3.05) is 13.1 Å². The molecule has 1 aromatic heterocycles. The van der Waals surface area contributed by atoms with Crippen molar-refractivity contribution in [2.45, 2.75) is 32.3 Å². The Bertz CT molecular complexity index is 395. The van der Waals surface area contributed by atoms with E-state index in [2.05, 4.69) is 10.3 Å². The highest BCUT2D eigenvalue weighted by atomic mass is 16.6. The molecule has 1 aromatic rings. The summed E-state index contributed by atoms with van der Waals surface area (Å²) in [6.07, 6.45) is 3.13. The Kier molecular flexibility index (Phi) is 4.72. The molecule has 1 unspecified atom stereocenters. The van der Waals surface area contributed by atoms with Crippen LogP contribution in [0.2, 0.25) is 0 Å². The smallest absolute Gasteiger partial charge is 0.407 e. The summed E-state index contributed by atoms with van der Waals surface area (Å²) in [6, 6.07) is 0. The minimum atomic E-state index is -0.495. The number of aryl methyl sites for hydroxylation is 1. The first-order valence-corrected chi connectivity index (χ1v) is 5.97. The molecule has 1 rings (SSSR count). The Balaban J connectivity index is 2.51. The molecule has 1 atom stereocenters. The molecule has 0 spiro atoms. The molecular weight excluding hydrogens is 232 g/mol. The molecule has 3 N–H and O–H groups in total. The van der Waals surface area contributed by atoms with Gasteiger partial charge in [0, 0.05) is 38.4 Å². The maximum atomic E-state index is 11.5. The summed E-state index contributed by atoms with van der Waals surface area (Å²) in [5, 5.41) is 2.71. The van der Waals surface area contributed by atoms with E-state index in [1.165, 1.54) is 0 Å². The average Bonchev–Trinajstić information content (AvgIpc) is 2.63. The molecule has 6 nitrogen and oxygen atoms in total. The monoisotopic (exact) mass is 254 g/mol. The van der Waals surface area contributed by atoms with Gasteiger partial charge in [-0.05, 0) is 20.8 Å². The Morgan fingerprint density at radius 2 is 2.28 bits per heavy atom. The summed E-state index contributed by atoms with van der Waals surface area (Å²) >= 11 is 0. The summed E-state index contributed by atoms with van der Waals surface area (Å²) in [7, 11) is 1.90. The average molecular weight is 254 g/mol. The van der Waals surface area contributed by atoms with Gasteiger partial charge in [-0.1, -0.05) is 0 Å². The van der Waals surface area contributed by atoms with Gasteiger partial charge in [0.25, 0.3) is 0 Å². The number of alkyl carbamates (subject to hydrolysis) is 1. The Morgan fingerprint density at radius 3 is 2.72 bits per heavy atom. The van der Waals surface area contributed by atoms with Crippen LogP contribution >= 0.6 is 0 Å². The normalized spacial score (nSPS) is 13.2. The SMILES string of the molecule is Cn1ccnc1C(CN)CNC(=O)OC(C)(C)C. The third kappa shape index (κ3) is 4.37. The van der Waals surface area contributed by atoms with Gasteiger partial charge in [-0.2, -0.15) is 0 Å². The van der Waals surface area contributed by atoms with Crippen LogP contribution in [0.4, 0.5) is 4.79 Å². The highest BCUT2D eigenvalue weighted by molar-refractivity contribution is 5.67. The fraction of sp³-hybridized carbons (Fsp3) is 0.667. The standard InChI is InChI=1S/C12H22N4O2/c1-12(2,3)18-11(17)15-8-9(7-13)10-14-5-6-16(10)4/h5-6,9H,7-8,13H2,1-4H3,(H,15,17). The molecule has 1 amide bonds. The zero-order valence-electron chi connectivity index (χ0n) is 11.4. The van der Waals surface area contributed by atoms with E-state index in [1.807, 2.05) is 38.6 Å². The highest BCUT2D eigenvalue weighted by Gasteiger charge is 2.19. The van der Waals surface area contributed by atoms with Crippen molar-refractivity contribution in [1.82, 2.24) is 14.9 Å². The van der Waals surface area contributed by atoms with Crippen LogP contribution in [0.5, 0.6) is 0 Å². The number of nitrogens with two attached hydrogens (primary N) is 1. The van der Waals surface area contributed by atoms with Crippen molar-refractivity contribution in [3.63, 3.8) is 0 Å². The number of amides is 1. The third-order valence-electron chi connectivity index (χ3n) is 2.40. The van der Waals surface area contributed by atoms with E-state index in [0.717, 1.165) is 5.82 Å². The van der Waals surface area contributed by atoms with E-state index in [-0.39, 0.29) is 5.92 Å². The van der Waals surface area contributed by atoms with Crippen molar-refractivity contribution >= 4 is 6.09 Å². The van der Waals surface area contributed by atoms with Gasteiger partial charge in [-0.25, -0.2) is 9.78 Å². The maximum absolute atomic E-state index is 11.5. The minimum Gasteiger partial charge on any atom is -0.444 e. The molecule has 18 heavy (non-hydrogen) atoms. The van der Waals surface area contributed by atoms with Crippen LogP contribution in [0, 0.1) is 0 Å². The lowest BCUT2D eigenvalue weighted by molar-refractivity contribution is 0.0524. The van der Waals surface area contributed by atoms with Crippen molar-refractivity contribution in [2.24, 2.45) is 12.8 Å². The Hall–Kier alpha value is -1.56. The zero-order chi connectivity index (χ0) is 13.8. The van der Waals surface area contributed by atoms with Crippen molar-refractivity contribution in [3.8, 4) is 0 Å². The highest BCUT2D eigenvalue weighted by Crippen LogP contribution is 2.11. The molecule has 0 saturated heterocycles. The van der Waals surface area contributed by atoms with Crippen LogP contribution in [-0.2, 0) is 11.8 Å². The van der Waals surface area contributed by atoms with Crippen molar-refractivity contribution in [1.29, 1.82) is 0 Å². The predicted molar refractivity (Wildman–Crippen MR) is 69.2 cm³/mol. The van der Waals surface area contributed by atoms with E-state index >= 15 is 0 Å². The Morgan fingerprint density at radius 1 is 1.61 bits per heavy atom. The van der Waals surface area contributed by atoms with Gasteiger partial charge in [0.2, 0.25) is 0 Å². The molecule has 0 saturated carbocycles. The third-order valence-corrected chi connectivity index (χ3v) is 2.40. The number of nitrogens with zero attached hydrogens (tertiary/aromatic N) is 2. The number of nitrogens with one attached hydrogen (secondary N) is 1. The maximum Gasteiger partial charge on any atom is 0.407 e. The number of hydrogen-bond donors (Lipinski definition) is 2. The van der Waals surface area contributed by atoms with Crippen molar-refractivity contribution < 1.29 is 9.53 Å². The lowest BCUT2D eigenvalue weighted by Gasteiger charge is -2.21. The van der Waals surface area contributed by atoms with E-state index < -0.39 is 11.7 Å². The molecule has 102 valence electrons. The number of aromatic nitrogens is 2. The molecule has 0 aliphatic rings. The number of ether oxygens (including phenoxy) is 1. The van der Waals surface area contributed by atoms with Gasteiger partial charge < -0.3 is 20.4 Å². The summed E-state index contributed by atoms with van der Waals surface area (Å²) in [6.45, 7) is 6.31. The summed E-state index contributed by atoms with van der Waals surface area (Å²) in [5.41, 5.74) is 5.21. The zero-order valence-corrected chi connectivity index (χ0v) is 11.4. The van der Waals surface area contributed by atoms with Crippen LogP contribution in [0.25, 0.3) is 0 Å². The minimum absolute atomic E-state index is 0.0162. The van der Waals surface area contributed by atoms with E-state index in [4.69, 9.17) is 10.5 Å². The first kappa shape index (κ1) is 14.5. The quantitative estimate of drug-likeness (QED) is 0.839. The van der Waals surface area contributed by atoms with Gasteiger partial charge in [-0.3, -0.25) is 0 Å². The van der Waals surface area contributed by atoms with Gasteiger partial charge in [0.05, 0.1) is 0 Å². The molecule has 6 heteroatoms. The van der Waals surface area contributed by atoms with E-state index in [0.29, 0.717) is 13.1 Å². The van der Waals surface area contributed by atoms with Crippen LogP contribution in [0.1, 0.15) is 32.5 Å². The number of imidazole rings is 1. The fourth-order valence-corrected chi connectivity index (χ4v) is 1.57. The molecule has 0 aliphatic heterocycles. The van der Waals surface area contributed by atoms with Gasteiger partial charge in [0.15, 0.2) is 0 Å². The largest absolute Gasteiger partial charge is 0.444 e. The first-order valence-electron chi connectivity index (χ1n) is 5.97. The second-order valence-corrected chi connectivity index (χ2v) is 5.21. The number of rotatable bonds is 4. The molecule has 1 heterocycles. The van der Waals surface area contributed by atoms with Crippen LogP contribution in [0.3, 0.4) is 0 Å². The summed E-state index contributed by atoms with van der Waals surface area (Å²) in [5.74, 6) is 0.839. The lowest BCUT2D eigenvalue weighted by Crippen LogP contribution is -2.36. The number of carbonyl (C=O) groups is 1. The summed E-state index contributed by atoms with van der Waals surface area (Å²) < 4.78 is 7.06.